The SMILES string of the molecule is CC(C)C(=O)NCC(C)c1ccc(CCO)cc1. The largest absolute Gasteiger partial charge is 0.396 e. The molecule has 100 valence electrons. The number of aliphatic hydroxyl groups is 1. The monoisotopic (exact) mass is 249 g/mol. The van der Waals surface area contributed by atoms with Gasteiger partial charge in [0.05, 0.1) is 0 Å². The van der Waals surface area contributed by atoms with E-state index in [4.69, 9.17) is 5.11 Å². The molecule has 0 aliphatic heterocycles. The van der Waals surface area contributed by atoms with Crippen molar-refractivity contribution in [2.45, 2.75) is 33.1 Å². The molecule has 0 aliphatic carbocycles. The van der Waals surface area contributed by atoms with E-state index in [1.54, 1.807) is 0 Å². The molecule has 0 fully saturated rings. The van der Waals surface area contributed by atoms with E-state index in [2.05, 4.69) is 24.4 Å². The third-order valence-electron chi connectivity index (χ3n) is 3.06. The Hall–Kier alpha value is -1.35. The van der Waals surface area contributed by atoms with Gasteiger partial charge in [-0.25, -0.2) is 0 Å². The number of amides is 1. The number of rotatable bonds is 6. The zero-order valence-corrected chi connectivity index (χ0v) is 11.4. The first kappa shape index (κ1) is 14.7. The van der Waals surface area contributed by atoms with E-state index in [0.29, 0.717) is 18.9 Å². The van der Waals surface area contributed by atoms with Gasteiger partial charge in [-0.1, -0.05) is 45.0 Å². The Morgan fingerprint density at radius 2 is 1.83 bits per heavy atom. The zero-order chi connectivity index (χ0) is 13.5. The van der Waals surface area contributed by atoms with Crippen LogP contribution in [0.25, 0.3) is 0 Å². The molecule has 2 N–H and O–H groups in total. The van der Waals surface area contributed by atoms with Crippen molar-refractivity contribution in [2.75, 3.05) is 13.2 Å². The lowest BCUT2D eigenvalue weighted by Crippen LogP contribution is -2.30. The minimum atomic E-state index is 0.0316. The first-order chi connectivity index (χ1) is 8.54. The van der Waals surface area contributed by atoms with E-state index in [-0.39, 0.29) is 18.4 Å². The van der Waals surface area contributed by atoms with Gasteiger partial charge in [0, 0.05) is 19.1 Å². The summed E-state index contributed by atoms with van der Waals surface area (Å²) in [5.41, 5.74) is 2.35. The summed E-state index contributed by atoms with van der Waals surface area (Å²) < 4.78 is 0. The lowest BCUT2D eigenvalue weighted by molar-refractivity contribution is -0.124. The maximum atomic E-state index is 11.5. The number of aliphatic hydroxyl groups excluding tert-OH is 1. The normalized spacial score (nSPS) is 12.5. The molecule has 0 saturated carbocycles. The van der Waals surface area contributed by atoms with Crippen molar-refractivity contribution in [3.63, 3.8) is 0 Å². The van der Waals surface area contributed by atoms with Gasteiger partial charge >= 0.3 is 0 Å². The molecule has 1 aromatic carbocycles. The Morgan fingerprint density at radius 1 is 1.22 bits per heavy atom. The first-order valence-corrected chi connectivity index (χ1v) is 6.52. The topological polar surface area (TPSA) is 49.3 Å². The molecule has 0 spiro atoms. The molecule has 0 heterocycles. The molecule has 0 aliphatic rings. The molecule has 0 aromatic heterocycles. The molecule has 3 heteroatoms. The number of benzene rings is 1. The molecule has 1 rings (SSSR count). The van der Waals surface area contributed by atoms with Crippen LogP contribution >= 0.6 is 0 Å². The van der Waals surface area contributed by atoms with Crippen molar-refractivity contribution in [1.29, 1.82) is 0 Å². The molecular formula is C15H23NO2. The average molecular weight is 249 g/mol. The summed E-state index contributed by atoms with van der Waals surface area (Å²) in [7, 11) is 0. The standard InChI is InChI=1S/C15H23NO2/c1-11(2)15(18)16-10-12(3)14-6-4-13(5-7-14)8-9-17/h4-7,11-12,17H,8-10H2,1-3H3,(H,16,18). The van der Waals surface area contributed by atoms with Crippen LogP contribution in [0.1, 0.15) is 37.8 Å². The molecule has 1 atom stereocenters. The molecule has 1 unspecified atom stereocenters. The van der Waals surface area contributed by atoms with Crippen LogP contribution in [0.4, 0.5) is 0 Å². The van der Waals surface area contributed by atoms with Gasteiger partial charge in [-0.3, -0.25) is 4.79 Å². The van der Waals surface area contributed by atoms with Crippen molar-refractivity contribution in [3.05, 3.63) is 35.4 Å². The fourth-order valence-electron chi connectivity index (χ4n) is 1.72. The maximum Gasteiger partial charge on any atom is 0.222 e. The van der Waals surface area contributed by atoms with Crippen LogP contribution in [0.5, 0.6) is 0 Å². The van der Waals surface area contributed by atoms with Crippen LogP contribution in [0.3, 0.4) is 0 Å². The van der Waals surface area contributed by atoms with Crippen LogP contribution in [0, 0.1) is 5.92 Å². The van der Waals surface area contributed by atoms with Gasteiger partial charge in [-0.15, -0.1) is 0 Å². The van der Waals surface area contributed by atoms with Gasteiger partial charge < -0.3 is 10.4 Å². The van der Waals surface area contributed by atoms with Crippen molar-refractivity contribution in [3.8, 4) is 0 Å². The van der Waals surface area contributed by atoms with E-state index < -0.39 is 0 Å². The molecule has 18 heavy (non-hydrogen) atoms. The highest BCUT2D eigenvalue weighted by atomic mass is 16.2. The van der Waals surface area contributed by atoms with E-state index in [9.17, 15) is 4.79 Å². The highest BCUT2D eigenvalue weighted by Crippen LogP contribution is 2.15. The van der Waals surface area contributed by atoms with Gasteiger partial charge in [0.1, 0.15) is 0 Å². The van der Waals surface area contributed by atoms with Gasteiger partial charge in [-0.05, 0) is 23.5 Å². The second kappa shape index (κ2) is 7.17. The molecule has 0 bridgehead atoms. The molecule has 1 amide bonds. The molecule has 0 saturated heterocycles. The van der Waals surface area contributed by atoms with E-state index in [1.807, 2.05) is 26.0 Å². The molecular weight excluding hydrogens is 226 g/mol. The summed E-state index contributed by atoms with van der Waals surface area (Å²) in [6.45, 7) is 6.73. The zero-order valence-electron chi connectivity index (χ0n) is 11.4. The predicted molar refractivity (Wildman–Crippen MR) is 73.5 cm³/mol. The van der Waals surface area contributed by atoms with Gasteiger partial charge in [-0.2, -0.15) is 0 Å². The summed E-state index contributed by atoms with van der Waals surface area (Å²) in [4.78, 5) is 11.5. The van der Waals surface area contributed by atoms with Crippen LogP contribution in [-0.2, 0) is 11.2 Å². The third kappa shape index (κ3) is 4.49. The Kier molecular flexibility index (Phi) is 5.86. The molecule has 1 aromatic rings. The van der Waals surface area contributed by atoms with Gasteiger partial charge in [0.25, 0.3) is 0 Å². The summed E-state index contributed by atoms with van der Waals surface area (Å²) in [6.07, 6.45) is 0.693. The smallest absolute Gasteiger partial charge is 0.222 e. The minimum Gasteiger partial charge on any atom is -0.396 e. The van der Waals surface area contributed by atoms with E-state index in [0.717, 1.165) is 5.56 Å². The first-order valence-electron chi connectivity index (χ1n) is 6.52. The van der Waals surface area contributed by atoms with Crippen LogP contribution in [-0.4, -0.2) is 24.2 Å². The Bertz CT molecular complexity index is 371. The number of hydrogen-bond donors (Lipinski definition) is 2. The number of carbonyl (C=O) groups excluding carboxylic acids is 1. The number of hydrogen-bond acceptors (Lipinski definition) is 2. The van der Waals surface area contributed by atoms with Crippen LogP contribution in [0.2, 0.25) is 0 Å². The fourth-order valence-corrected chi connectivity index (χ4v) is 1.72. The van der Waals surface area contributed by atoms with Crippen molar-refractivity contribution >= 4 is 5.91 Å². The second-order valence-electron chi connectivity index (χ2n) is 5.02. The third-order valence-corrected chi connectivity index (χ3v) is 3.06. The van der Waals surface area contributed by atoms with Gasteiger partial charge in [0.15, 0.2) is 0 Å². The van der Waals surface area contributed by atoms with E-state index in [1.165, 1.54) is 5.56 Å². The van der Waals surface area contributed by atoms with E-state index >= 15 is 0 Å². The lowest BCUT2D eigenvalue weighted by atomic mass is 9.99. The van der Waals surface area contributed by atoms with Crippen LogP contribution in [0.15, 0.2) is 24.3 Å². The summed E-state index contributed by atoms with van der Waals surface area (Å²) in [5.74, 6) is 0.429. The van der Waals surface area contributed by atoms with Gasteiger partial charge in [0.2, 0.25) is 5.91 Å². The fraction of sp³-hybridized carbons (Fsp3) is 0.533. The summed E-state index contributed by atoms with van der Waals surface area (Å²) >= 11 is 0. The Labute approximate surface area is 109 Å². The highest BCUT2D eigenvalue weighted by molar-refractivity contribution is 5.77. The molecule has 0 radical (unpaired) electrons. The minimum absolute atomic E-state index is 0.0316. The summed E-state index contributed by atoms with van der Waals surface area (Å²) in [5, 5.41) is 11.8. The summed E-state index contributed by atoms with van der Waals surface area (Å²) in [6, 6.07) is 8.20. The van der Waals surface area contributed by atoms with Crippen LogP contribution < -0.4 is 5.32 Å². The van der Waals surface area contributed by atoms with Crippen molar-refractivity contribution in [2.24, 2.45) is 5.92 Å². The Balaban J connectivity index is 2.51. The second-order valence-corrected chi connectivity index (χ2v) is 5.02. The van der Waals surface area contributed by atoms with Crippen molar-refractivity contribution < 1.29 is 9.90 Å². The Morgan fingerprint density at radius 3 is 2.33 bits per heavy atom. The number of nitrogens with one attached hydrogen (secondary N) is 1. The number of carbonyl (C=O) groups is 1. The lowest BCUT2D eigenvalue weighted by Gasteiger charge is -2.14. The quantitative estimate of drug-likeness (QED) is 0.811. The average Bonchev–Trinajstić information content (AvgIpc) is 2.36. The predicted octanol–water partition coefficient (Wildman–Crippen LogP) is 2.10. The maximum absolute atomic E-state index is 11.5. The van der Waals surface area contributed by atoms with Crippen molar-refractivity contribution in [1.82, 2.24) is 5.32 Å². The highest BCUT2D eigenvalue weighted by Gasteiger charge is 2.10. The molecule has 3 nitrogen and oxygen atoms in total.